The Balaban J connectivity index is 1.85. The van der Waals surface area contributed by atoms with Gasteiger partial charge in [-0.1, -0.05) is 13.0 Å². The maximum Gasteiger partial charge on any atom is 0.328 e. The molecule has 0 aromatic carbocycles. The van der Waals surface area contributed by atoms with Crippen molar-refractivity contribution in [3.63, 3.8) is 0 Å². The number of hydrogen-bond acceptors (Lipinski definition) is 4. The molecule has 0 saturated heterocycles. The van der Waals surface area contributed by atoms with E-state index in [1.54, 1.807) is 0 Å². The fourth-order valence-electron chi connectivity index (χ4n) is 2.17. The van der Waals surface area contributed by atoms with Crippen molar-refractivity contribution in [1.82, 2.24) is 0 Å². The molecule has 1 unspecified atom stereocenters. The summed E-state index contributed by atoms with van der Waals surface area (Å²) >= 11 is 1.50. The Hall–Kier alpha value is -0.870. The second-order valence-corrected chi connectivity index (χ2v) is 5.79. The fourth-order valence-corrected chi connectivity index (χ4v) is 2.88. The van der Waals surface area contributed by atoms with Crippen LogP contribution in [0.25, 0.3) is 0 Å². The monoisotopic (exact) mass is 253 g/mol. The van der Waals surface area contributed by atoms with Gasteiger partial charge in [-0.3, -0.25) is 0 Å². The van der Waals surface area contributed by atoms with Crippen molar-refractivity contribution >= 4 is 17.3 Å². The summed E-state index contributed by atoms with van der Waals surface area (Å²) in [5, 5.41) is 1.92. The van der Waals surface area contributed by atoms with Gasteiger partial charge in [0.25, 0.3) is 0 Å². The van der Waals surface area contributed by atoms with Crippen LogP contribution in [0.3, 0.4) is 0 Å². The number of esters is 1. The van der Waals surface area contributed by atoms with Crippen LogP contribution < -0.4 is 5.73 Å². The minimum atomic E-state index is -0.616. The Labute approximate surface area is 106 Å². The van der Waals surface area contributed by atoms with Crippen LogP contribution in [-0.4, -0.2) is 12.1 Å². The highest BCUT2D eigenvalue weighted by Gasteiger charge is 2.25. The highest BCUT2D eigenvalue weighted by molar-refractivity contribution is 7.10. The van der Waals surface area contributed by atoms with Gasteiger partial charge in [0.1, 0.15) is 12.1 Å². The van der Waals surface area contributed by atoms with Gasteiger partial charge in [0, 0.05) is 4.88 Å². The molecule has 0 radical (unpaired) electrons. The molecule has 0 spiro atoms. The van der Waals surface area contributed by atoms with Gasteiger partial charge in [-0.25, -0.2) is 4.79 Å². The topological polar surface area (TPSA) is 52.3 Å². The van der Waals surface area contributed by atoms with E-state index in [1.807, 2.05) is 17.5 Å². The molecule has 1 atom stereocenters. The van der Waals surface area contributed by atoms with Crippen molar-refractivity contribution in [1.29, 1.82) is 0 Å². The van der Waals surface area contributed by atoms with Gasteiger partial charge in [0.2, 0.25) is 0 Å². The lowest BCUT2D eigenvalue weighted by molar-refractivity contribution is -0.152. The predicted octanol–water partition coefficient (Wildman–Crippen LogP) is 2.87. The largest absolute Gasteiger partial charge is 0.461 e. The average Bonchev–Trinajstić information content (AvgIpc) is 2.84. The number of rotatable bonds is 3. The molecule has 1 fully saturated rings. The molecule has 1 aliphatic rings. The predicted molar refractivity (Wildman–Crippen MR) is 68.8 cm³/mol. The number of carbonyl (C=O) groups is 1. The van der Waals surface area contributed by atoms with Crippen molar-refractivity contribution < 1.29 is 9.53 Å². The molecule has 1 aliphatic carbocycles. The van der Waals surface area contributed by atoms with E-state index >= 15 is 0 Å². The smallest absolute Gasteiger partial charge is 0.328 e. The summed E-state index contributed by atoms with van der Waals surface area (Å²) in [7, 11) is 0. The van der Waals surface area contributed by atoms with Crippen LogP contribution >= 0.6 is 11.3 Å². The lowest BCUT2D eigenvalue weighted by Crippen LogP contribution is -2.29. The molecular formula is C13H19NO2S. The average molecular weight is 253 g/mol. The lowest BCUT2D eigenvalue weighted by atomic mass is 9.89. The molecule has 1 heterocycles. The summed E-state index contributed by atoms with van der Waals surface area (Å²) in [4.78, 5) is 12.7. The number of carbonyl (C=O) groups excluding carboxylic acids is 1. The highest BCUT2D eigenvalue weighted by atomic mass is 32.1. The second kappa shape index (κ2) is 5.65. The zero-order chi connectivity index (χ0) is 12.3. The van der Waals surface area contributed by atoms with Crippen LogP contribution in [0.1, 0.15) is 43.5 Å². The van der Waals surface area contributed by atoms with E-state index in [9.17, 15) is 4.79 Å². The number of ether oxygens (including phenoxy) is 1. The SMILES string of the molecule is CC1CCC(OC(=O)C(N)c2cccs2)CC1. The first-order valence-electron chi connectivity index (χ1n) is 6.16. The maximum atomic E-state index is 11.9. The van der Waals surface area contributed by atoms with Gasteiger partial charge in [0.15, 0.2) is 0 Å². The van der Waals surface area contributed by atoms with E-state index in [4.69, 9.17) is 10.5 Å². The van der Waals surface area contributed by atoms with Gasteiger partial charge in [-0.15, -0.1) is 11.3 Å². The Kier molecular flexibility index (Phi) is 4.18. The third-order valence-electron chi connectivity index (χ3n) is 3.35. The van der Waals surface area contributed by atoms with Gasteiger partial charge in [-0.05, 0) is 43.0 Å². The fraction of sp³-hybridized carbons (Fsp3) is 0.615. The van der Waals surface area contributed by atoms with Gasteiger partial charge in [-0.2, -0.15) is 0 Å². The molecule has 2 N–H and O–H groups in total. The number of thiophene rings is 1. The second-order valence-electron chi connectivity index (χ2n) is 4.81. The molecule has 17 heavy (non-hydrogen) atoms. The van der Waals surface area contributed by atoms with Crippen molar-refractivity contribution in [2.75, 3.05) is 0 Å². The van der Waals surface area contributed by atoms with Crippen molar-refractivity contribution in [2.45, 2.75) is 44.8 Å². The standard InChI is InChI=1S/C13H19NO2S/c1-9-4-6-10(7-5-9)16-13(15)12(14)11-3-2-8-17-11/h2-3,8-10,12H,4-7,14H2,1H3. The third kappa shape index (κ3) is 3.30. The summed E-state index contributed by atoms with van der Waals surface area (Å²) in [6.45, 7) is 2.25. The van der Waals surface area contributed by atoms with E-state index in [0.29, 0.717) is 0 Å². The summed E-state index contributed by atoms with van der Waals surface area (Å²) in [5.74, 6) is 0.475. The minimum absolute atomic E-state index is 0.0738. The number of hydrogen-bond donors (Lipinski definition) is 1. The van der Waals surface area contributed by atoms with E-state index in [0.717, 1.165) is 36.5 Å². The van der Waals surface area contributed by atoms with Gasteiger partial charge in [0.05, 0.1) is 0 Å². The highest BCUT2D eigenvalue weighted by Crippen LogP contribution is 2.27. The Bertz CT molecular complexity index is 356. The lowest BCUT2D eigenvalue weighted by Gasteiger charge is -2.26. The van der Waals surface area contributed by atoms with E-state index < -0.39 is 6.04 Å². The summed E-state index contributed by atoms with van der Waals surface area (Å²) in [6, 6.07) is 3.16. The zero-order valence-corrected chi connectivity index (χ0v) is 10.9. The first-order chi connectivity index (χ1) is 8.16. The minimum Gasteiger partial charge on any atom is -0.461 e. The van der Waals surface area contributed by atoms with E-state index in [1.165, 1.54) is 11.3 Å². The van der Waals surface area contributed by atoms with E-state index in [2.05, 4.69) is 6.92 Å². The van der Waals surface area contributed by atoms with Crippen LogP contribution in [0, 0.1) is 5.92 Å². The Morgan fingerprint density at radius 3 is 2.76 bits per heavy atom. The normalized spacial score (nSPS) is 26.5. The number of nitrogens with two attached hydrogens (primary N) is 1. The molecule has 4 heteroatoms. The quantitative estimate of drug-likeness (QED) is 0.843. The summed E-state index contributed by atoms with van der Waals surface area (Å²) < 4.78 is 5.47. The Morgan fingerprint density at radius 1 is 1.47 bits per heavy atom. The van der Waals surface area contributed by atoms with Crippen molar-refractivity contribution in [2.24, 2.45) is 11.7 Å². The maximum absolute atomic E-state index is 11.9. The molecule has 0 bridgehead atoms. The molecule has 94 valence electrons. The van der Waals surface area contributed by atoms with Gasteiger partial charge >= 0.3 is 5.97 Å². The van der Waals surface area contributed by atoms with Gasteiger partial charge < -0.3 is 10.5 Å². The van der Waals surface area contributed by atoms with Crippen LogP contribution in [0.4, 0.5) is 0 Å². The molecule has 1 saturated carbocycles. The van der Waals surface area contributed by atoms with Crippen LogP contribution in [0.15, 0.2) is 17.5 Å². The molecule has 1 aromatic heterocycles. The molecule has 0 aliphatic heterocycles. The van der Waals surface area contributed by atoms with Crippen molar-refractivity contribution in [3.8, 4) is 0 Å². The first-order valence-corrected chi connectivity index (χ1v) is 7.04. The summed E-state index contributed by atoms with van der Waals surface area (Å²) in [6.07, 6.45) is 4.32. The molecule has 2 rings (SSSR count). The van der Waals surface area contributed by atoms with Crippen LogP contribution in [0.2, 0.25) is 0 Å². The van der Waals surface area contributed by atoms with E-state index in [-0.39, 0.29) is 12.1 Å². The molecule has 3 nitrogen and oxygen atoms in total. The van der Waals surface area contributed by atoms with Crippen LogP contribution in [-0.2, 0) is 9.53 Å². The zero-order valence-electron chi connectivity index (χ0n) is 10.1. The molecule has 1 aromatic rings. The first kappa shape index (κ1) is 12.6. The van der Waals surface area contributed by atoms with Crippen molar-refractivity contribution in [3.05, 3.63) is 22.4 Å². The third-order valence-corrected chi connectivity index (χ3v) is 4.30. The Morgan fingerprint density at radius 2 is 2.18 bits per heavy atom. The molecule has 0 amide bonds. The summed E-state index contributed by atoms with van der Waals surface area (Å²) in [5.41, 5.74) is 5.86. The van der Waals surface area contributed by atoms with Crippen LogP contribution in [0.5, 0.6) is 0 Å². The molecular weight excluding hydrogens is 234 g/mol.